The molecule has 7 rings (SSSR count). The number of aryl methyl sites for hydroxylation is 2. The van der Waals surface area contributed by atoms with E-state index in [2.05, 4.69) is 25.8 Å². The number of hydrogen-bond donors (Lipinski definition) is 6. The van der Waals surface area contributed by atoms with E-state index in [1.54, 1.807) is 24.5 Å². The predicted molar refractivity (Wildman–Crippen MR) is 195 cm³/mol. The minimum Gasteiger partial charge on any atom is -0.508 e. The summed E-state index contributed by atoms with van der Waals surface area (Å²) in [6, 6.07) is 5.01. The minimum absolute atomic E-state index is 0.0519. The number of nitrogens with two attached hydrogens (primary N) is 3. The Bertz CT molecular complexity index is 1750. The zero-order chi connectivity index (χ0) is 37.7. The van der Waals surface area contributed by atoms with E-state index in [1.165, 1.54) is 38.5 Å². The maximum atomic E-state index is 14.4. The zero-order valence-electron chi connectivity index (χ0n) is 30.4. The number of aliphatic imine (C=N–C) groups is 1. The van der Waals surface area contributed by atoms with E-state index >= 15 is 0 Å². The molecule has 15 heteroatoms. The zero-order valence-corrected chi connectivity index (χ0v) is 30.4. The van der Waals surface area contributed by atoms with E-state index in [4.69, 9.17) is 31.4 Å². The first-order chi connectivity index (χ1) is 25.3. The summed E-state index contributed by atoms with van der Waals surface area (Å²) in [6.45, 7) is 3.82. The van der Waals surface area contributed by atoms with Gasteiger partial charge in [-0.3, -0.25) is 19.6 Å². The Labute approximate surface area is 308 Å². The van der Waals surface area contributed by atoms with Crippen molar-refractivity contribution >= 4 is 23.9 Å². The van der Waals surface area contributed by atoms with Gasteiger partial charge in [0, 0.05) is 38.2 Å². The molecule has 284 valence electrons. The Kier molecular flexibility index (Phi) is 11.5. The number of carbonyl (C=O) groups is 3. The molecule has 4 aliphatic carbocycles. The van der Waals surface area contributed by atoms with Crippen LogP contribution in [-0.4, -0.2) is 62.8 Å². The molecule has 4 fully saturated rings. The fourth-order valence-corrected chi connectivity index (χ4v) is 9.39. The summed E-state index contributed by atoms with van der Waals surface area (Å²) in [5.41, 5.74) is 19.5. The number of hydrogen-bond acceptors (Lipinski definition) is 10. The van der Waals surface area contributed by atoms with E-state index in [0.717, 1.165) is 46.4 Å². The number of carbonyl (C=O) groups excluding carboxylic acids is 3. The number of primary amides is 1. The van der Waals surface area contributed by atoms with Gasteiger partial charge in [0.15, 0.2) is 17.9 Å². The van der Waals surface area contributed by atoms with Crippen LogP contribution in [0.5, 0.6) is 5.75 Å². The van der Waals surface area contributed by atoms with Gasteiger partial charge >= 0.3 is 6.09 Å². The fourth-order valence-electron chi connectivity index (χ4n) is 9.39. The van der Waals surface area contributed by atoms with Crippen LogP contribution in [-0.2, 0) is 33.6 Å². The van der Waals surface area contributed by atoms with E-state index in [-0.39, 0.29) is 42.4 Å². The van der Waals surface area contributed by atoms with Crippen molar-refractivity contribution in [2.45, 2.75) is 103 Å². The Balaban J connectivity index is 1.25. The van der Waals surface area contributed by atoms with Gasteiger partial charge in [-0.1, -0.05) is 5.16 Å². The van der Waals surface area contributed by atoms with Crippen LogP contribution in [0, 0.1) is 37.0 Å². The number of nitrogens with one attached hydrogen (secondary N) is 2. The molecule has 0 spiro atoms. The van der Waals surface area contributed by atoms with E-state index in [1.807, 2.05) is 26.0 Å². The van der Waals surface area contributed by atoms with E-state index < -0.39 is 36.1 Å². The summed E-state index contributed by atoms with van der Waals surface area (Å²) in [4.78, 5) is 52.8. The van der Waals surface area contributed by atoms with Crippen LogP contribution in [0.4, 0.5) is 4.79 Å². The molecule has 1 aromatic carbocycles. The molecule has 4 bridgehead atoms. The predicted octanol–water partition coefficient (Wildman–Crippen LogP) is 3.19. The SMILES string of the molecule is Cc1cc(O)cc(C)c1CC(NC(=O)C(CCCN=C(N)N)OC(N)=O)C(=O)NC(Cc1ccncc1)c1nc(CC23CC4CC(CC(C4)C2)C3)no1. The lowest BCUT2D eigenvalue weighted by Crippen LogP contribution is -2.52. The second-order valence-electron chi connectivity index (χ2n) is 15.5. The highest BCUT2D eigenvalue weighted by Gasteiger charge is 2.51. The summed E-state index contributed by atoms with van der Waals surface area (Å²) >= 11 is 0. The van der Waals surface area contributed by atoms with Crippen molar-refractivity contribution in [3.05, 3.63) is 70.6 Å². The van der Waals surface area contributed by atoms with Gasteiger partial charge in [0.05, 0.1) is 0 Å². The number of benzene rings is 1. The van der Waals surface area contributed by atoms with Gasteiger partial charge in [-0.05, 0) is 135 Å². The van der Waals surface area contributed by atoms with Crippen molar-refractivity contribution < 1.29 is 28.8 Å². The third-order valence-electron chi connectivity index (χ3n) is 11.2. The van der Waals surface area contributed by atoms with Crippen molar-refractivity contribution in [2.24, 2.45) is 45.4 Å². The second kappa shape index (κ2) is 16.2. The Morgan fingerprint density at radius 1 is 0.981 bits per heavy atom. The van der Waals surface area contributed by atoms with Crippen LogP contribution < -0.4 is 27.8 Å². The number of aromatic nitrogens is 3. The summed E-state index contributed by atoms with van der Waals surface area (Å²) in [6.07, 6.45) is 10.00. The third-order valence-corrected chi connectivity index (χ3v) is 11.2. The number of nitrogens with zero attached hydrogens (tertiary/aromatic N) is 4. The molecular formula is C38H51N9O6. The number of amides is 3. The molecule has 4 aliphatic rings. The molecular weight excluding hydrogens is 678 g/mol. The summed E-state index contributed by atoms with van der Waals surface area (Å²) in [5, 5.41) is 20.5. The summed E-state index contributed by atoms with van der Waals surface area (Å²) in [7, 11) is 0. The fraction of sp³-hybridized carbons (Fsp3) is 0.553. The van der Waals surface area contributed by atoms with Crippen LogP contribution in [0.3, 0.4) is 0 Å². The van der Waals surface area contributed by atoms with Crippen LogP contribution in [0.1, 0.15) is 91.4 Å². The highest BCUT2D eigenvalue weighted by Crippen LogP contribution is 2.60. The van der Waals surface area contributed by atoms with E-state index in [0.29, 0.717) is 18.7 Å². The van der Waals surface area contributed by atoms with E-state index in [9.17, 15) is 19.5 Å². The van der Waals surface area contributed by atoms with Gasteiger partial charge in [-0.15, -0.1) is 0 Å². The van der Waals surface area contributed by atoms with Gasteiger partial charge in [0.2, 0.25) is 11.8 Å². The van der Waals surface area contributed by atoms with Crippen molar-refractivity contribution in [3.8, 4) is 5.75 Å². The number of guanidine groups is 1. The number of phenols is 1. The highest BCUT2D eigenvalue weighted by atomic mass is 16.6. The normalized spacial score (nSPS) is 23.1. The maximum absolute atomic E-state index is 14.4. The Morgan fingerprint density at radius 2 is 1.62 bits per heavy atom. The van der Waals surface area contributed by atoms with Crippen molar-refractivity contribution in [3.63, 3.8) is 0 Å². The first kappa shape index (κ1) is 37.5. The molecule has 15 nitrogen and oxygen atoms in total. The monoisotopic (exact) mass is 729 g/mol. The smallest absolute Gasteiger partial charge is 0.405 e. The van der Waals surface area contributed by atoms with Gasteiger partial charge in [0.25, 0.3) is 5.91 Å². The highest BCUT2D eigenvalue weighted by molar-refractivity contribution is 5.90. The number of rotatable bonds is 16. The first-order valence-electron chi connectivity index (χ1n) is 18.5. The topological polar surface area (TPSA) is 247 Å². The molecule has 9 N–H and O–H groups in total. The second-order valence-corrected chi connectivity index (χ2v) is 15.5. The summed E-state index contributed by atoms with van der Waals surface area (Å²) < 4.78 is 11.0. The van der Waals surface area contributed by atoms with Crippen molar-refractivity contribution in [1.29, 1.82) is 0 Å². The molecule has 3 aromatic rings. The van der Waals surface area contributed by atoms with Crippen LogP contribution in [0.2, 0.25) is 0 Å². The molecule has 4 saturated carbocycles. The van der Waals surface area contributed by atoms with Crippen LogP contribution in [0.25, 0.3) is 0 Å². The van der Waals surface area contributed by atoms with Crippen LogP contribution >= 0.6 is 0 Å². The molecule has 3 unspecified atom stereocenters. The largest absolute Gasteiger partial charge is 0.508 e. The molecule has 2 aromatic heterocycles. The molecule has 0 aliphatic heterocycles. The van der Waals surface area contributed by atoms with Crippen molar-refractivity contribution in [2.75, 3.05) is 6.54 Å². The molecule has 3 atom stereocenters. The Morgan fingerprint density at radius 3 is 2.23 bits per heavy atom. The van der Waals surface area contributed by atoms with Gasteiger partial charge in [0.1, 0.15) is 17.8 Å². The average Bonchev–Trinajstić information content (AvgIpc) is 3.54. The van der Waals surface area contributed by atoms with Crippen molar-refractivity contribution in [1.82, 2.24) is 25.8 Å². The lowest BCUT2D eigenvalue weighted by Gasteiger charge is -2.56. The number of aromatic hydroxyl groups is 1. The molecule has 0 saturated heterocycles. The lowest BCUT2D eigenvalue weighted by molar-refractivity contribution is -0.134. The van der Waals surface area contributed by atoms with Gasteiger partial charge in [-0.25, -0.2) is 4.79 Å². The molecule has 0 radical (unpaired) electrons. The average molecular weight is 730 g/mol. The first-order valence-corrected chi connectivity index (χ1v) is 18.5. The number of ether oxygens (including phenoxy) is 1. The lowest BCUT2D eigenvalue weighted by atomic mass is 9.49. The molecule has 3 amide bonds. The van der Waals surface area contributed by atoms with Crippen LogP contribution in [0.15, 0.2) is 46.2 Å². The molecule has 53 heavy (non-hydrogen) atoms. The Hall–Kier alpha value is -5.21. The van der Waals surface area contributed by atoms with Gasteiger partial charge in [-0.2, -0.15) is 4.98 Å². The standard InChI is InChI=1S/C38H51N9O6/c1-21-10-27(48)11-22(2)28(21)16-29(44-34(50)31(52-37(41)51)4-3-7-43-36(39)40)33(49)45-30(15-23-5-8-42-9-6-23)35-46-32(47-53-35)20-38-17-24-12-25(18-38)14-26(13-24)19-38/h5-6,8-11,24-26,29-31,48H,3-4,7,12-20H2,1-2H3,(H2,41,51)(H,44,50)(H,45,49)(H4,39,40,43). The number of pyridine rings is 1. The summed E-state index contributed by atoms with van der Waals surface area (Å²) in [5.74, 6) is 1.99. The quantitative estimate of drug-likeness (QED) is 0.0710. The maximum Gasteiger partial charge on any atom is 0.405 e. The number of phenolic OH excluding ortho intramolecular Hbond substituents is 1. The minimum atomic E-state index is -1.31. The third kappa shape index (κ3) is 9.62. The molecule has 2 heterocycles. The van der Waals surface area contributed by atoms with Gasteiger partial charge < -0.3 is 42.2 Å².